The van der Waals surface area contributed by atoms with Gasteiger partial charge in [0.1, 0.15) is 0 Å². The molecule has 0 radical (unpaired) electrons. The van der Waals surface area contributed by atoms with Crippen LogP contribution in [-0.2, 0) is 11.2 Å². The predicted octanol–water partition coefficient (Wildman–Crippen LogP) is 2.09. The van der Waals surface area contributed by atoms with E-state index in [9.17, 15) is 0 Å². The number of nitrogens with one attached hydrogen (secondary N) is 1. The first-order chi connectivity index (χ1) is 7.90. The van der Waals surface area contributed by atoms with Crippen molar-refractivity contribution in [3.05, 3.63) is 35.4 Å². The van der Waals surface area contributed by atoms with Gasteiger partial charge in [-0.15, -0.1) is 0 Å². The van der Waals surface area contributed by atoms with Crippen LogP contribution in [0.2, 0.25) is 0 Å². The number of hydrogen-bond acceptors (Lipinski definition) is 2. The van der Waals surface area contributed by atoms with Crippen molar-refractivity contribution in [2.45, 2.75) is 37.3 Å². The molecule has 0 saturated carbocycles. The van der Waals surface area contributed by atoms with Gasteiger partial charge in [0.15, 0.2) is 0 Å². The lowest BCUT2D eigenvalue weighted by molar-refractivity contribution is 0.0374. The first kappa shape index (κ1) is 10.3. The summed E-state index contributed by atoms with van der Waals surface area (Å²) in [5.74, 6) is 0.559. The van der Waals surface area contributed by atoms with E-state index < -0.39 is 0 Å². The van der Waals surface area contributed by atoms with E-state index in [1.54, 1.807) is 0 Å². The van der Waals surface area contributed by atoms with Gasteiger partial charge >= 0.3 is 0 Å². The third-order valence-corrected chi connectivity index (χ3v) is 4.11. The van der Waals surface area contributed by atoms with Crippen LogP contribution in [0.3, 0.4) is 0 Å². The molecule has 3 rings (SSSR count). The molecule has 16 heavy (non-hydrogen) atoms. The second kappa shape index (κ2) is 4.19. The molecule has 1 saturated heterocycles. The maximum atomic E-state index is 5.68. The van der Waals surface area contributed by atoms with Gasteiger partial charge in [0, 0.05) is 19.1 Å². The summed E-state index contributed by atoms with van der Waals surface area (Å²) in [5.41, 5.74) is 3.03. The summed E-state index contributed by atoms with van der Waals surface area (Å²) in [6.07, 6.45) is 3.99. The molecule has 3 atom stereocenters. The highest BCUT2D eigenvalue weighted by molar-refractivity contribution is 5.35. The van der Waals surface area contributed by atoms with E-state index in [2.05, 4.69) is 29.6 Å². The second-order valence-electron chi connectivity index (χ2n) is 4.89. The fourth-order valence-corrected chi connectivity index (χ4v) is 3.34. The Balaban J connectivity index is 2.00. The average molecular weight is 217 g/mol. The molecular weight excluding hydrogens is 198 g/mol. The van der Waals surface area contributed by atoms with E-state index >= 15 is 0 Å². The Hall–Kier alpha value is -0.860. The Morgan fingerprint density at radius 3 is 3.00 bits per heavy atom. The number of ether oxygens (including phenoxy) is 1. The highest BCUT2D eigenvalue weighted by Crippen LogP contribution is 2.38. The average Bonchev–Trinajstić information content (AvgIpc) is 2.37. The zero-order valence-electron chi connectivity index (χ0n) is 9.78. The Kier molecular flexibility index (Phi) is 2.70. The number of rotatable bonds is 1. The maximum Gasteiger partial charge on any atom is 0.0667 e. The molecule has 1 heterocycles. The number of methoxy groups -OCH3 is 1. The number of fused-ring (bicyclic) bond motifs is 3. The molecule has 1 aromatic rings. The topological polar surface area (TPSA) is 21.3 Å². The molecule has 0 bridgehead atoms. The zero-order valence-corrected chi connectivity index (χ0v) is 9.78. The van der Waals surface area contributed by atoms with Gasteiger partial charge < -0.3 is 10.1 Å². The van der Waals surface area contributed by atoms with Crippen LogP contribution >= 0.6 is 0 Å². The summed E-state index contributed by atoms with van der Waals surface area (Å²) in [4.78, 5) is 0. The molecule has 2 heteroatoms. The van der Waals surface area contributed by atoms with Crippen molar-refractivity contribution in [1.82, 2.24) is 5.32 Å². The molecule has 2 nitrogen and oxygen atoms in total. The van der Waals surface area contributed by atoms with E-state index in [1.165, 1.54) is 24.0 Å². The third-order valence-electron chi connectivity index (χ3n) is 4.11. The summed E-state index contributed by atoms with van der Waals surface area (Å²) >= 11 is 0. The van der Waals surface area contributed by atoms with E-state index in [1.807, 2.05) is 7.11 Å². The minimum Gasteiger partial charge on any atom is -0.381 e. The largest absolute Gasteiger partial charge is 0.381 e. The Morgan fingerprint density at radius 1 is 1.25 bits per heavy atom. The van der Waals surface area contributed by atoms with Crippen LogP contribution in [0.5, 0.6) is 0 Å². The summed E-state index contributed by atoms with van der Waals surface area (Å²) in [5, 5.41) is 3.65. The lowest BCUT2D eigenvalue weighted by Crippen LogP contribution is -2.49. The van der Waals surface area contributed by atoms with Crippen molar-refractivity contribution in [3.63, 3.8) is 0 Å². The summed E-state index contributed by atoms with van der Waals surface area (Å²) < 4.78 is 5.68. The van der Waals surface area contributed by atoms with Gasteiger partial charge in [0.2, 0.25) is 0 Å². The Labute approximate surface area is 97.0 Å². The van der Waals surface area contributed by atoms with Crippen LogP contribution in [-0.4, -0.2) is 25.8 Å². The molecule has 1 aliphatic heterocycles. The lowest BCUT2D eigenvalue weighted by Gasteiger charge is -2.42. The van der Waals surface area contributed by atoms with Gasteiger partial charge in [0.25, 0.3) is 0 Å². The van der Waals surface area contributed by atoms with Crippen molar-refractivity contribution in [2.75, 3.05) is 13.7 Å². The number of hydrogen-bond donors (Lipinski definition) is 1. The van der Waals surface area contributed by atoms with Crippen LogP contribution in [0.1, 0.15) is 29.9 Å². The van der Waals surface area contributed by atoms with Gasteiger partial charge in [-0.3, -0.25) is 0 Å². The molecule has 2 aliphatic rings. The first-order valence-electron chi connectivity index (χ1n) is 6.24. The molecule has 3 unspecified atom stereocenters. The van der Waals surface area contributed by atoms with Crippen LogP contribution in [0.15, 0.2) is 24.3 Å². The molecule has 1 aromatic carbocycles. The standard InChI is InChI=1S/C14H19NO/c1-16-13-8-9-15-12-7-6-10-4-2-3-5-11(10)14(12)13/h2-5,12-15H,6-9H2,1H3. The SMILES string of the molecule is COC1CCNC2CCc3ccccc3C21. The van der Waals surface area contributed by atoms with Crippen LogP contribution in [0, 0.1) is 0 Å². The quantitative estimate of drug-likeness (QED) is 0.777. The molecule has 1 fully saturated rings. The number of piperidine rings is 1. The van der Waals surface area contributed by atoms with Crippen molar-refractivity contribution in [1.29, 1.82) is 0 Å². The van der Waals surface area contributed by atoms with Gasteiger partial charge in [0.05, 0.1) is 6.10 Å². The summed E-state index contributed by atoms with van der Waals surface area (Å²) in [6.45, 7) is 1.10. The van der Waals surface area contributed by atoms with Crippen LogP contribution < -0.4 is 5.32 Å². The van der Waals surface area contributed by atoms with Crippen LogP contribution in [0.4, 0.5) is 0 Å². The molecular formula is C14H19NO. The predicted molar refractivity (Wildman–Crippen MR) is 64.7 cm³/mol. The highest BCUT2D eigenvalue weighted by Gasteiger charge is 2.37. The van der Waals surface area contributed by atoms with Crippen molar-refractivity contribution in [3.8, 4) is 0 Å². The molecule has 0 spiro atoms. The molecule has 1 N–H and O–H groups in total. The fraction of sp³-hybridized carbons (Fsp3) is 0.571. The molecule has 1 aliphatic carbocycles. The van der Waals surface area contributed by atoms with Crippen molar-refractivity contribution < 1.29 is 4.74 Å². The smallest absolute Gasteiger partial charge is 0.0667 e. The third kappa shape index (κ3) is 1.57. The first-order valence-corrected chi connectivity index (χ1v) is 6.24. The lowest BCUT2D eigenvalue weighted by atomic mass is 9.74. The molecule has 0 amide bonds. The fourth-order valence-electron chi connectivity index (χ4n) is 3.34. The second-order valence-corrected chi connectivity index (χ2v) is 4.89. The van der Waals surface area contributed by atoms with E-state index in [0.717, 1.165) is 13.0 Å². The van der Waals surface area contributed by atoms with Crippen molar-refractivity contribution >= 4 is 0 Å². The monoisotopic (exact) mass is 217 g/mol. The van der Waals surface area contributed by atoms with E-state index in [-0.39, 0.29) is 0 Å². The highest BCUT2D eigenvalue weighted by atomic mass is 16.5. The maximum absolute atomic E-state index is 5.68. The van der Waals surface area contributed by atoms with Gasteiger partial charge in [-0.2, -0.15) is 0 Å². The van der Waals surface area contributed by atoms with Gasteiger partial charge in [-0.1, -0.05) is 24.3 Å². The van der Waals surface area contributed by atoms with Gasteiger partial charge in [-0.05, 0) is 36.9 Å². The van der Waals surface area contributed by atoms with E-state index in [4.69, 9.17) is 4.74 Å². The summed E-state index contributed by atoms with van der Waals surface area (Å²) in [7, 11) is 1.85. The minimum absolute atomic E-state index is 0.396. The van der Waals surface area contributed by atoms with Crippen LogP contribution in [0.25, 0.3) is 0 Å². The Bertz CT molecular complexity index is 377. The van der Waals surface area contributed by atoms with E-state index in [0.29, 0.717) is 18.1 Å². The summed E-state index contributed by atoms with van der Waals surface area (Å²) in [6, 6.07) is 9.48. The number of benzene rings is 1. The zero-order chi connectivity index (χ0) is 11.0. The Morgan fingerprint density at radius 2 is 2.12 bits per heavy atom. The number of aryl methyl sites for hydroxylation is 1. The normalized spacial score (nSPS) is 32.9. The minimum atomic E-state index is 0.396. The van der Waals surface area contributed by atoms with Crippen molar-refractivity contribution in [2.24, 2.45) is 0 Å². The molecule has 86 valence electrons. The van der Waals surface area contributed by atoms with Gasteiger partial charge in [-0.25, -0.2) is 0 Å². The molecule has 0 aromatic heterocycles.